The van der Waals surface area contributed by atoms with Gasteiger partial charge in [0.1, 0.15) is 11.6 Å². The molecule has 1 N–H and O–H groups in total. The minimum absolute atomic E-state index is 0.763. The predicted molar refractivity (Wildman–Crippen MR) is 80.8 cm³/mol. The molecule has 0 saturated carbocycles. The summed E-state index contributed by atoms with van der Waals surface area (Å²) in [5, 5.41) is 4.00. The zero-order valence-electron chi connectivity index (χ0n) is 11.5. The lowest BCUT2D eigenvalue weighted by Gasteiger charge is -2.09. The highest BCUT2D eigenvalue weighted by molar-refractivity contribution is 6.31. The highest BCUT2D eigenvalue weighted by Gasteiger charge is 2.07. The van der Waals surface area contributed by atoms with E-state index >= 15 is 0 Å². The standard InChI is InChI=1S/C15H18ClN3/c1-4-14-18-13(9-15(19-14)17-5-2)11-7-6-10(3)12(16)8-11/h6-9H,4-5H2,1-3H3,(H,17,18,19). The van der Waals surface area contributed by atoms with Crippen LogP contribution >= 0.6 is 11.6 Å². The zero-order valence-corrected chi connectivity index (χ0v) is 12.3. The third kappa shape index (κ3) is 3.24. The Hall–Kier alpha value is -1.61. The summed E-state index contributed by atoms with van der Waals surface area (Å²) in [5.41, 5.74) is 3.00. The van der Waals surface area contributed by atoms with Crippen LogP contribution in [0.15, 0.2) is 24.3 Å². The lowest BCUT2D eigenvalue weighted by molar-refractivity contribution is 0.939. The second kappa shape index (κ2) is 6.02. The Balaban J connectivity index is 2.47. The molecule has 0 fully saturated rings. The van der Waals surface area contributed by atoms with Crippen LogP contribution in [0.1, 0.15) is 25.2 Å². The van der Waals surface area contributed by atoms with Crippen molar-refractivity contribution in [2.75, 3.05) is 11.9 Å². The zero-order chi connectivity index (χ0) is 13.8. The maximum atomic E-state index is 6.18. The van der Waals surface area contributed by atoms with Crippen molar-refractivity contribution in [1.29, 1.82) is 0 Å². The number of nitrogens with zero attached hydrogens (tertiary/aromatic N) is 2. The molecule has 0 amide bonds. The molecule has 100 valence electrons. The van der Waals surface area contributed by atoms with E-state index in [-0.39, 0.29) is 0 Å². The molecular formula is C15H18ClN3. The van der Waals surface area contributed by atoms with Gasteiger partial charge in [-0.05, 0) is 25.5 Å². The second-order valence-electron chi connectivity index (χ2n) is 4.40. The smallest absolute Gasteiger partial charge is 0.131 e. The van der Waals surface area contributed by atoms with Gasteiger partial charge in [-0.1, -0.05) is 30.7 Å². The second-order valence-corrected chi connectivity index (χ2v) is 4.81. The van der Waals surface area contributed by atoms with Crippen molar-refractivity contribution >= 4 is 17.4 Å². The highest BCUT2D eigenvalue weighted by atomic mass is 35.5. The van der Waals surface area contributed by atoms with Crippen LogP contribution in [0.3, 0.4) is 0 Å². The van der Waals surface area contributed by atoms with E-state index in [2.05, 4.69) is 29.1 Å². The lowest BCUT2D eigenvalue weighted by atomic mass is 10.1. The molecule has 0 aliphatic rings. The fraction of sp³-hybridized carbons (Fsp3) is 0.333. The number of hydrogen-bond donors (Lipinski definition) is 1. The Kier molecular flexibility index (Phi) is 4.38. The first-order chi connectivity index (χ1) is 9.13. The molecule has 0 radical (unpaired) electrons. The van der Waals surface area contributed by atoms with Crippen molar-refractivity contribution in [3.8, 4) is 11.3 Å². The fourth-order valence-corrected chi connectivity index (χ4v) is 2.01. The van der Waals surface area contributed by atoms with E-state index in [1.165, 1.54) is 0 Å². The minimum atomic E-state index is 0.763. The number of aryl methyl sites for hydroxylation is 2. The molecule has 3 nitrogen and oxygen atoms in total. The molecule has 0 spiro atoms. The van der Waals surface area contributed by atoms with Crippen molar-refractivity contribution in [2.45, 2.75) is 27.2 Å². The maximum absolute atomic E-state index is 6.18. The topological polar surface area (TPSA) is 37.8 Å². The third-order valence-electron chi connectivity index (χ3n) is 2.91. The molecule has 0 unspecified atom stereocenters. The predicted octanol–water partition coefficient (Wildman–Crippen LogP) is 4.10. The molecule has 4 heteroatoms. The summed E-state index contributed by atoms with van der Waals surface area (Å²) < 4.78 is 0. The molecule has 1 heterocycles. The first-order valence-electron chi connectivity index (χ1n) is 6.52. The van der Waals surface area contributed by atoms with E-state index in [0.29, 0.717) is 0 Å². The largest absolute Gasteiger partial charge is 0.370 e. The lowest BCUT2D eigenvalue weighted by Crippen LogP contribution is -2.04. The monoisotopic (exact) mass is 275 g/mol. The van der Waals surface area contributed by atoms with Crippen LogP contribution in [0.2, 0.25) is 5.02 Å². The number of benzene rings is 1. The summed E-state index contributed by atoms with van der Waals surface area (Å²) >= 11 is 6.18. The Bertz CT molecular complexity index is 582. The van der Waals surface area contributed by atoms with Gasteiger partial charge in [0.05, 0.1) is 5.69 Å². The van der Waals surface area contributed by atoms with Crippen LogP contribution in [0.4, 0.5) is 5.82 Å². The van der Waals surface area contributed by atoms with E-state index in [1.54, 1.807) is 0 Å². The van der Waals surface area contributed by atoms with E-state index in [1.807, 2.05) is 31.2 Å². The molecule has 0 saturated heterocycles. The molecule has 0 aliphatic heterocycles. The van der Waals surface area contributed by atoms with Crippen LogP contribution < -0.4 is 5.32 Å². The van der Waals surface area contributed by atoms with Crippen LogP contribution in [-0.2, 0) is 6.42 Å². The van der Waals surface area contributed by atoms with Gasteiger partial charge in [-0.2, -0.15) is 0 Å². The SMILES string of the molecule is CCNc1cc(-c2ccc(C)c(Cl)c2)nc(CC)n1. The Morgan fingerprint density at radius 1 is 1.16 bits per heavy atom. The summed E-state index contributed by atoms with van der Waals surface area (Å²) in [5.74, 6) is 1.70. The van der Waals surface area contributed by atoms with E-state index in [9.17, 15) is 0 Å². The van der Waals surface area contributed by atoms with Gasteiger partial charge in [-0.25, -0.2) is 9.97 Å². The number of rotatable bonds is 4. The van der Waals surface area contributed by atoms with Crippen molar-refractivity contribution in [3.05, 3.63) is 40.7 Å². The molecule has 0 atom stereocenters. The Morgan fingerprint density at radius 2 is 1.95 bits per heavy atom. The van der Waals surface area contributed by atoms with Gasteiger partial charge in [0.15, 0.2) is 0 Å². The number of hydrogen-bond acceptors (Lipinski definition) is 3. The van der Waals surface area contributed by atoms with Gasteiger partial charge in [-0.3, -0.25) is 0 Å². The van der Waals surface area contributed by atoms with Gasteiger partial charge in [0, 0.05) is 29.6 Å². The van der Waals surface area contributed by atoms with Gasteiger partial charge >= 0.3 is 0 Å². The average molecular weight is 276 g/mol. The first-order valence-corrected chi connectivity index (χ1v) is 6.90. The summed E-state index contributed by atoms with van der Waals surface area (Å²) in [6.45, 7) is 6.94. The fourth-order valence-electron chi connectivity index (χ4n) is 1.83. The van der Waals surface area contributed by atoms with Crippen molar-refractivity contribution in [1.82, 2.24) is 9.97 Å². The van der Waals surface area contributed by atoms with Gasteiger partial charge in [-0.15, -0.1) is 0 Å². The molecule has 1 aromatic carbocycles. The third-order valence-corrected chi connectivity index (χ3v) is 3.32. The molecule has 2 aromatic rings. The normalized spacial score (nSPS) is 10.5. The van der Waals surface area contributed by atoms with Crippen LogP contribution in [0.5, 0.6) is 0 Å². The molecular weight excluding hydrogens is 258 g/mol. The average Bonchev–Trinajstić information content (AvgIpc) is 2.42. The summed E-state index contributed by atoms with van der Waals surface area (Å²) in [4.78, 5) is 9.02. The van der Waals surface area contributed by atoms with Crippen molar-refractivity contribution in [2.24, 2.45) is 0 Å². The summed E-state index contributed by atoms with van der Waals surface area (Å²) in [7, 11) is 0. The van der Waals surface area contributed by atoms with Crippen LogP contribution in [0, 0.1) is 6.92 Å². The van der Waals surface area contributed by atoms with E-state index in [0.717, 1.165) is 46.5 Å². The number of halogens is 1. The first kappa shape index (κ1) is 13.8. The van der Waals surface area contributed by atoms with Gasteiger partial charge < -0.3 is 5.32 Å². The van der Waals surface area contributed by atoms with Gasteiger partial charge in [0.25, 0.3) is 0 Å². The molecule has 19 heavy (non-hydrogen) atoms. The molecule has 0 bridgehead atoms. The molecule has 1 aromatic heterocycles. The Morgan fingerprint density at radius 3 is 2.58 bits per heavy atom. The quantitative estimate of drug-likeness (QED) is 0.913. The van der Waals surface area contributed by atoms with E-state index in [4.69, 9.17) is 11.6 Å². The maximum Gasteiger partial charge on any atom is 0.131 e. The van der Waals surface area contributed by atoms with Crippen LogP contribution in [0.25, 0.3) is 11.3 Å². The van der Waals surface area contributed by atoms with E-state index < -0.39 is 0 Å². The summed E-state index contributed by atoms with van der Waals surface area (Å²) in [6.07, 6.45) is 0.811. The Labute approximate surface area is 119 Å². The van der Waals surface area contributed by atoms with Crippen molar-refractivity contribution in [3.63, 3.8) is 0 Å². The molecule has 0 aliphatic carbocycles. The molecule has 2 rings (SSSR count). The number of aromatic nitrogens is 2. The highest BCUT2D eigenvalue weighted by Crippen LogP contribution is 2.25. The number of anilines is 1. The number of nitrogens with one attached hydrogen (secondary N) is 1. The van der Waals surface area contributed by atoms with Crippen molar-refractivity contribution < 1.29 is 0 Å². The van der Waals surface area contributed by atoms with Crippen LogP contribution in [-0.4, -0.2) is 16.5 Å². The minimum Gasteiger partial charge on any atom is -0.370 e. The van der Waals surface area contributed by atoms with Gasteiger partial charge in [0.2, 0.25) is 0 Å². The summed E-state index contributed by atoms with van der Waals surface area (Å²) in [6, 6.07) is 7.97.